The Bertz CT molecular complexity index is 842. The Morgan fingerprint density at radius 2 is 1.67 bits per heavy atom. The number of alkyl halides is 1. The fourth-order valence-electron chi connectivity index (χ4n) is 4.26. The van der Waals surface area contributed by atoms with Gasteiger partial charge in [-0.2, -0.15) is 0 Å². The molecule has 0 radical (unpaired) electrons. The highest BCUT2D eigenvalue weighted by Crippen LogP contribution is 2.34. The molecule has 1 amide bonds. The van der Waals surface area contributed by atoms with Crippen molar-refractivity contribution >= 4 is 29.0 Å². The Kier molecular flexibility index (Phi) is 7.92. The second kappa shape index (κ2) is 10.6. The molecule has 0 spiro atoms. The van der Waals surface area contributed by atoms with Gasteiger partial charge in [0, 0.05) is 12.1 Å². The number of aryl methyl sites for hydroxylation is 1. The molecule has 1 aliphatic carbocycles. The molecular formula is C25H30ClNO3. The lowest BCUT2D eigenvalue weighted by atomic mass is 9.83. The van der Waals surface area contributed by atoms with Gasteiger partial charge in [-0.05, 0) is 42.7 Å². The number of methoxy groups -OCH3 is 1. The number of benzene rings is 2. The van der Waals surface area contributed by atoms with Gasteiger partial charge in [-0.25, -0.2) is 0 Å². The summed E-state index contributed by atoms with van der Waals surface area (Å²) in [6, 6.07) is 14.3. The number of hydrogen-bond donors (Lipinski definition) is 0. The van der Waals surface area contributed by atoms with Crippen LogP contribution in [0.3, 0.4) is 0 Å². The van der Waals surface area contributed by atoms with E-state index in [2.05, 4.69) is 0 Å². The van der Waals surface area contributed by atoms with E-state index in [-0.39, 0.29) is 17.6 Å². The Labute approximate surface area is 184 Å². The topological polar surface area (TPSA) is 46.6 Å². The van der Waals surface area contributed by atoms with E-state index >= 15 is 0 Å². The minimum Gasteiger partial charge on any atom is -0.497 e. The number of amides is 1. The molecule has 4 nitrogen and oxygen atoms in total. The molecule has 2 aromatic carbocycles. The Hall–Kier alpha value is -2.33. The summed E-state index contributed by atoms with van der Waals surface area (Å²) in [5, 5.41) is 0. The summed E-state index contributed by atoms with van der Waals surface area (Å²) in [6.45, 7) is 1.99. The third kappa shape index (κ3) is 5.42. The number of nitrogens with zero attached hydrogens (tertiary/aromatic N) is 1. The number of ether oxygens (including phenoxy) is 1. The van der Waals surface area contributed by atoms with Crippen molar-refractivity contribution < 1.29 is 14.3 Å². The summed E-state index contributed by atoms with van der Waals surface area (Å²) in [4.78, 5) is 28.1. The van der Waals surface area contributed by atoms with Crippen molar-refractivity contribution in [2.75, 3.05) is 17.9 Å². The first-order chi connectivity index (χ1) is 14.5. The van der Waals surface area contributed by atoms with Gasteiger partial charge in [0.1, 0.15) is 17.7 Å². The van der Waals surface area contributed by atoms with Crippen LogP contribution < -0.4 is 9.64 Å². The maximum atomic E-state index is 13.6. The van der Waals surface area contributed by atoms with Crippen LogP contribution in [0.4, 0.5) is 5.69 Å². The Balaban J connectivity index is 2.00. The summed E-state index contributed by atoms with van der Waals surface area (Å²) in [5.41, 5.74) is 2.55. The van der Waals surface area contributed by atoms with Crippen LogP contribution >= 0.6 is 11.6 Å². The zero-order valence-corrected chi connectivity index (χ0v) is 18.5. The Morgan fingerprint density at radius 3 is 2.23 bits per heavy atom. The van der Waals surface area contributed by atoms with Crippen molar-refractivity contribution in [3.05, 3.63) is 59.7 Å². The van der Waals surface area contributed by atoms with Crippen LogP contribution in [0.2, 0.25) is 0 Å². The van der Waals surface area contributed by atoms with Gasteiger partial charge in [-0.15, -0.1) is 11.6 Å². The third-order valence-electron chi connectivity index (χ3n) is 5.90. The summed E-state index contributed by atoms with van der Waals surface area (Å²) in [7, 11) is 1.61. The molecule has 1 fully saturated rings. The largest absolute Gasteiger partial charge is 0.497 e. The van der Waals surface area contributed by atoms with E-state index in [4.69, 9.17) is 16.3 Å². The monoisotopic (exact) mass is 427 g/mol. The highest BCUT2D eigenvalue weighted by atomic mass is 35.5. The van der Waals surface area contributed by atoms with Gasteiger partial charge >= 0.3 is 0 Å². The smallest absolute Gasteiger partial charge is 0.242 e. The van der Waals surface area contributed by atoms with Crippen molar-refractivity contribution in [3.63, 3.8) is 0 Å². The van der Waals surface area contributed by atoms with Crippen LogP contribution in [0.1, 0.15) is 55.7 Å². The number of carbonyl (C=O) groups is 2. The quantitative estimate of drug-likeness (QED) is 0.496. The number of rotatable bonds is 8. The van der Waals surface area contributed by atoms with Crippen molar-refractivity contribution in [1.82, 2.24) is 0 Å². The fourth-order valence-corrected chi connectivity index (χ4v) is 4.39. The molecule has 5 heteroatoms. The molecule has 3 rings (SSSR count). The molecule has 0 saturated heterocycles. The summed E-state index contributed by atoms with van der Waals surface area (Å²) in [5.74, 6) is 0.697. The van der Waals surface area contributed by atoms with Crippen molar-refractivity contribution in [1.29, 1.82) is 0 Å². The normalized spacial score (nSPS) is 15.4. The number of carbonyl (C=O) groups excluding carboxylic acids is 2. The summed E-state index contributed by atoms with van der Waals surface area (Å²) in [6.07, 6.45) is 6.23. The molecule has 1 unspecified atom stereocenters. The number of anilines is 1. The van der Waals surface area contributed by atoms with E-state index in [0.717, 1.165) is 24.0 Å². The first kappa shape index (κ1) is 22.4. The summed E-state index contributed by atoms with van der Waals surface area (Å²) >= 11 is 5.98. The van der Waals surface area contributed by atoms with Crippen LogP contribution in [0.25, 0.3) is 0 Å². The molecule has 1 aliphatic rings. The highest BCUT2D eigenvalue weighted by molar-refractivity contribution is 6.29. The van der Waals surface area contributed by atoms with Gasteiger partial charge in [-0.3, -0.25) is 14.5 Å². The average Bonchev–Trinajstić information content (AvgIpc) is 2.78. The van der Waals surface area contributed by atoms with E-state index in [9.17, 15) is 9.59 Å². The average molecular weight is 428 g/mol. The first-order valence-electron chi connectivity index (χ1n) is 10.6. The minimum atomic E-state index is -0.702. The maximum absolute atomic E-state index is 13.6. The van der Waals surface area contributed by atoms with Gasteiger partial charge in [0.25, 0.3) is 0 Å². The lowest BCUT2D eigenvalue weighted by Gasteiger charge is -2.32. The van der Waals surface area contributed by atoms with Gasteiger partial charge in [0.05, 0.1) is 7.11 Å². The van der Waals surface area contributed by atoms with Crippen LogP contribution in [-0.4, -0.2) is 24.7 Å². The van der Waals surface area contributed by atoms with E-state index < -0.39 is 6.04 Å². The van der Waals surface area contributed by atoms with E-state index in [0.29, 0.717) is 23.8 Å². The number of halogens is 1. The maximum Gasteiger partial charge on any atom is 0.242 e. The lowest BCUT2D eigenvalue weighted by Crippen LogP contribution is -2.40. The molecule has 0 aliphatic heterocycles. The van der Waals surface area contributed by atoms with Gasteiger partial charge < -0.3 is 4.74 Å². The van der Waals surface area contributed by atoms with Crippen molar-refractivity contribution in [3.8, 4) is 5.75 Å². The highest BCUT2D eigenvalue weighted by Gasteiger charge is 2.33. The van der Waals surface area contributed by atoms with Gasteiger partial charge in [-0.1, -0.05) is 61.9 Å². The number of hydrogen-bond acceptors (Lipinski definition) is 3. The molecular weight excluding hydrogens is 398 g/mol. The molecule has 160 valence electrons. The predicted octanol–water partition coefficient (Wildman–Crippen LogP) is 5.86. The van der Waals surface area contributed by atoms with Crippen LogP contribution in [-0.2, 0) is 9.59 Å². The SMILES string of the molecule is COc1ccc(C(C(=O)CC2CCCCC2)N(C(=O)CCl)c2ccc(C)cc2)cc1. The third-order valence-corrected chi connectivity index (χ3v) is 6.13. The van der Waals surface area contributed by atoms with Crippen LogP contribution in [0.15, 0.2) is 48.5 Å². The molecule has 30 heavy (non-hydrogen) atoms. The van der Waals surface area contributed by atoms with Crippen molar-refractivity contribution in [2.45, 2.75) is 51.5 Å². The first-order valence-corrected chi connectivity index (χ1v) is 11.2. The fraction of sp³-hybridized carbons (Fsp3) is 0.440. The predicted molar refractivity (Wildman–Crippen MR) is 121 cm³/mol. The Morgan fingerprint density at radius 1 is 1.03 bits per heavy atom. The molecule has 2 aromatic rings. The van der Waals surface area contributed by atoms with E-state index in [1.807, 2.05) is 55.5 Å². The van der Waals surface area contributed by atoms with E-state index in [1.165, 1.54) is 19.3 Å². The molecule has 0 heterocycles. The van der Waals surface area contributed by atoms with Gasteiger partial charge in [0.2, 0.25) is 5.91 Å². The standard InChI is InChI=1S/C25H30ClNO3/c1-18-8-12-21(13-9-18)27(24(29)17-26)25(20-10-14-22(30-2)15-11-20)23(28)16-19-6-4-3-5-7-19/h8-15,19,25H,3-7,16-17H2,1-2H3. The molecule has 0 bridgehead atoms. The number of ketones is 1. The minimum absolute atomic E-state index is 0.0612. The molecule has 1 atom stereocenters. The van der Waals surface area contributed by atoms with Crippen molar-refractivity contribution in [2.24, 2.45) is 5.92 Å². The van der Waals surface area contributed by atoms with Crippen LogP contribution in [0, 0.1) is 12.8 Å². The second-order valence-corrected chi connectivity index (χ2v) is 8.35. The summed E-state index contributed by atoms with van der Waals surface area (Å²) < 4.78 is 5.27. The lowest BCUT2D eigenvalue weighted by molar-refractivity contribution is -0.125. The van der Waals surface area contributed by atoms with Crippen LogP contribution in [0.5, 0.6) is 5.75 Å². The number of Topliss-reactive ketones (excluding diaryl/α,β-unsaturated/α-hetero) is 1. The zero-order valence-electron chi connectivity index (χ0n) is 17.8. The molecule has 1 saturated carbocycles. The van der Waals surface area contributed by atoms with E-state index in [1.54, 1.807) is 12.0 Å². The molecule has 0 aromatic heterocycles. The van der Waals surface area contributed by atoms with Gasteiger partial charge in [0.15, 0.2) is 5.78 Å². The molecule has 0 N–H and O–H groups in total. The second-order valence-electron chi connectivity index (χ2n) is 8.08. The zero-order chi connectivity index (χ0) is 21.5.